The highest BCUT2D eigenvalue weighted by atomic mass is 16.5. The number of carbonyl (C=O) groups excluding carboxylic acids is 1. The molecule has 2 heteroatoms. The molecule has 0 saturated carbocycles. The Balaban J connectivity index is 2.76. The number of ether oxygens (including phenoxy) is 1. The van der Waals surface area contributed by atoms with Crippen molar-refractivity contribution in [1.29, 1.82) is 0 Å². The highest BCUT2D eigenvalue weighted by molar-refractivity contribution is 5.88. The second-order valence-electron chi connectivity index (χ2n) is 2.85. The molecule has 0 aliphatic heterocycles. The van der Waals surface area contributed by atoms with Gasteiger partial charge in [0.05, 0.1) is 0 Å². The summed E-state index contributed by atoms with van der Waals surface area (Å²) >= 11 is 0. The summed E-state index contributed by atoms with van der Waals surface area (Å²) in [5.74, 6) is 4.27. The van der Waals surface area contributed by atoms with Crippen molar-refractivity contribution in [2.45, 2.75) is 13.0 Å². The van der Waals surface area contributed by atoms with E-state index in [1.54, 1.807) is 13.0 Å². The lowest BCUT2D eigenvalue weighted by atomic mass is 10.1. The molecule has 0 heterocycles. The highest BCUT2D eigenvalue weighted by Crippen LogP contribution is 2.17. The molecular weight excluding hydrogens is 188 g/mol. The van der Waals surface area contributed by atoms with Crippen molar-refractivity contribution in [1.82, 2.24) is 0 Å². The molecule has 0 fully saturated rings. The minimum atomic E-state index is -0.536. The predicted octanol–water partition coefficient (Wildman–Crippen LogP) is 2.48. The summed E-state index contributed by atoms with van der Waals surface area (Å²) in [6.07, 6.45) is 1.14. The zero-order valence-corrected chi connectivity index (χ0v) is 8.57. The van der Waals surface area contributed by atoms with Crippen LogP contribution in [0.25, 0.3) is 0 Å². The van der Waals surface area contributed by atoms with Crippen molar-refractivity contribution in [3.8, 4) is 11.8 Å². The number of hydrogen-bond donors (Lipinski definition) is 0. The van der Waals surface area contributed by atoms with Crippen LogP contribution in [0.1, 0.15) is 18.6 Å². The van der Waals surface area contributed by atoms with E-state index in [9.17, 15) is 4.79 Å². The van der Waals surface area contributed by atoms with E-state index >= 15 is 0 Å². The molecule has 0 saturated heterocycles. The largest absolute Gasteiger partial charge is 0.444 e. The Hall–Kier alpha value is -2.01. The van der Waals surface area contributed by atoms with Crippen molar-refractivity contribution >= 4 is 5.97 Å². The SMILES string of the molecule is C=CC(OC(=O)C#CC)c1ccccc1. The molecule has 76 valence electrons. The zero-order valence-electron chi connectivity index (χ0n) is 8.57. The lowest BCUT2D eigenvalue weighted by Gasteiger charge is -2.11. The molecule has 0 radical (unpaired) electrons. The molecule has 1 aromatic rings. The van der Waals surface area contributed by atoms with E-state index in [-0.39, 0.29) is 0 Å². The highest BCUT2D eigenvalue weighted by Gasteiger charge is 2.10. The molecule has 0 N–H and O–H groups in total. The number of benzene rings is 1. The molecule has 1 aromatic carbocycles. The first kappa shape index (κ1) is 11.1. The van der Waals surface area contributed by atoms with Crippen LogP contribution in [-0.2, 0) is 9.53 Å². The van der Waals surface area contributed by atoms with E-state index in [2.05, 4.69) is 18.4 Å². The molecule has 15 heavy (non-hydrogen) atoms. The molecule has 0 aliphatic rings. The third kappa shape index (κ3) is 3.32. The van der Waals surface area contributed by atoms with Gasteiger partial charge in [0.2, 0.25) is 0 Å². The quantitative estimate of drug-likeness (QED) is 0.324. The van der Waals surface area contributed by atoms with Gasteiger partial charge in [-0.15, -0.1) is 0 Å². The minimum absolute atomic E-state index is 0.431. The van der Waals surface area contributed by atoms with Crippen LogP contribution >= 0.6 is 0 Å². The van der Waals surface area contributed by atoms with E-state index in [4.69, 9.17) is 4.74 Å². The third-order valence-corrected chi connectivity index (χ3v) is 1.80. The Morgan fingerprint density at radius 2 is 2.13 bits per heavy atom. The van der Waals surface area contributed by atoms with Crippen LogP contribution in [0.3, 0.4) is 0 Å². The van der Waals surface area contributed by atoms with Gasteiger partial charge < -0.3 is 4.74 Å². The fraction of sp³-hybridized carbons (Fsp3) is 0.154. The first-order valence-electron chi connectivity index (χ1n) is 4.58. The Morgan fingerprint density at radius 3 is 2.67 bits per heavy atom. The van der Waals surface area contributed by atoms with E-state index < -0.39 is 12.1 Å². The van der Waals surface area contributed by atoms with E-state index in [0.29, 0.717) is 0 Å². The molecule has 0 amide bonds. The molecule has 1 rings (SSSR count). The first-order chi connectivity index (χ1) is 7.27. The van der Waals surface area contributed by atoms with Gasteiger partial charge in [-0.2, -0.15) is 0 Å². The number of hydrogen-bond acceptors (Lipinski definition) is 2. The Bertz CT molecular complexity index is 396. The summed E-state index contributed by atoms with van der Waals surface area (Å²) in [6, 6.07) is 9.41. The summed E-state index contributed by atoms with van der Waals surface area (Å²) in [5.41, 5.74) is 0.888. The molecule has 2 nitrogen and oxygen atoms in total. The van der Waals surface area contributed by atoms with E-state index in [1.807, 2.05) is 30.3 Å². The average molecular weight is 200 g/mol. The summed E-state index contributed by atoms with van der Waals surface area (Å²) in [6.45, 7) is 5.22. The van der Waals surface area contributed by atoms with Crippen molar-refractivity contribution in [2.75, 3.05) is 0 Å². The van der Waals surface area contributed by atoms with Crippen LogP contribution in [-0.4, -0.2) is 5.97 Å². The van der Waals surface area contributed by atoms with Gasteiger partial charge in [0, 0.05) is 5.92 Å². The summed E-state index contributed by atoms with van der Waals surface area (Å²) < 4.78 is 5.10. The van der Waals surface area contributed by atoms with Crippen molar-refractivity contribution in [3.05, 3.63) is 48.6 Å². The predicted molar refractivity (Wildman–Crippen MR) is 58.9 cm³/mol. The van der Waals surface area contributed by atoms with Crippen LogP contribution in [0.15, 0.2) is 43.0 Å². The van der Waals surface area contributed by atoms with Crippen molar-refractivity contribution in [3.63, 3.8) is 0 Å². The van der Waals surface area contributed by atoms with Gasteiger partial charge >= 0.3 is 5.97 Å². The summed E-state index contributed by atoms with van der Waals surface area (Å²) in [4.78, 5) is 11.1. The Kier molecular flexibility index (Phi) is 4.18. The monoisotopic (exact) mass is 200 g/mol. The van der Waals surface area contributed by atoms with Crippen molar-refractivity contribution in [2.24, 2.45) is 0 Å². The van der Waals surface area contributed by atoms with Gasteiger partial charge in [-0.25, -0.2) is 4.79 Å². The summed E-state index contributed by atoms with van der Waals surface area (Å²) in [5, 5.41) is 0. The first-order valence-corrected chi connectivity index (χ1v) is 4.58. The number of esters is 1. The Labute approximate surface area is 89.6 Å². The minimum Gasteiger partial charge on any atom is -0.444 e. The fourth-order valence-corrected chi connectivity index (χ4v) is 1.14. The van der Waals surface area contributed by atoms with Gasteiger partial charge in [0.1, 0.15) is 6.10 Å². The molecular formula is C13H12O2. The van der Waals surface area contributed by atoms with Crippen molar-refractivity contribution < 1.29 is 9.53 Å². The number of rotatable bonds is 3. The normalized spacial score (nSPS) is 10.7. The van der Waals surface area contributed by atoms with E-state index in [1.165, 1.54) is 0 Å². The maximum Gasteiger partial charge on any atom is 0.385 e. The van der Waals surface area contributed by atoms with Crippen LogP contribution in [0.5, 0.6) is 0 Å². The van der Waals surface area contributed by atoms with Gasteiger partial charge in [-0.05, 0) is 18.6 Å². The second kappa shape index (κ2) is 5.66. The van der Waals surface area contributed by atoms with Gasteiger partial charge in [-0.3, -0.25) is 0 Å². The van der Waals surface area contributed by atoms with Gasteiger partial charge in [-0.1, -0.05) is 42.8 Å². The fourth-order valence-electron chi connectivity index (χ4n) is 1.14. The lowest BCUT2D eigenvalue weighted by molar-refractivity contribution is -0.140. The maximum absolute atomic E-state index is 11.1. The topological polar surface area (TPSA) is 26.3 Å². The molecule has 1 atom stereocenters. The molecule has 0 bridgehead atoms. The van der Waals surface area contributed by atoms with E-state index in [0.717, 1.165) is 5.56 Å². The zero-order chi connectivity index (χ0) is 11.1. The van der Waals surface area contributed by atoms with Crippen LogP contribution in [0, 0.1) is 11.8 Å². The second-order valence-corrected chi connectivity index (χ2v) is 2.85. The summed E-state index contributed by atoms with van der Waals surface area (Å²) in [7, 11) is 0. The Morgan fingerprint density at radius 1 is 1.47 bits per heavy atom. The smallest absolute Gasteiger partial charge is 0.385 e. The standard InChI is InChI=1S/C13H12O2/c1-3-8-13(14)15-12(4-2)11-9-6-5-7-10-11/h4-7,9-10,12H,2H2,1H3. The van der Waals surface area contributed by atoms with Crippen LogP contribution < -0.4 is 0 Å². The third-order valence-electron chi connectivity index (χ3n) is 1.80. The average Bonchev–Trinajstić information content (AvgIpc) is 2.27. The van der Waals surface area contributed by atoms with Crippen LogP contribution in [0.4, 0.5) is 0 Å². The molecule has 0 spiro atoms. The molecule has 0 aromatic heterocycles. The van der Waals surface area contributed by atoms with Gasteiger partial charge in [0.25, 0.3) is 0 Å². The number of carbonyl (C=O) groups is 1. The van der Waals surface area contributed by atoms with Gasteiger partial charge in [0.15, 0.2) is 0 Å². The lowest BCUT2D eigenvalue weighted by Crippen LogP contribution is -2.07. The molecule has 1 unspecified atom stereocenters. The maximum atomic E-state index is 11.1. The van der Waals surface area contributed by atoms with Crippen LogP contribution in [0.2, 0.25) is 0 Å². The molecule has 0 aliphatic carbocycles.